The molecule has 0 radical (unpaired) electrons. The van der Waals surface area contributed by atoms with Gasteiger partial charge < -0.3 is 0 Å². The summed E-state index contributed by atoms with van der Waals surface area (Å²) in [6.07, 6.45) is 4.89. The SMILES string of the molecule is CCCCc1cccc(CP)c1. The Labute approximate surface area is 77.6 Å². The summed E-state index contributed by atoms with van der Waals surface area (Å²) in [5.41, 5.74) is 2.91. The third-order valence-electron chi connectivity index (χ3n) is 2.05. The van der Waals surface area contributed by atoms with Gasteiger partial charge in [0.25, 0.3) is 0 Å². The lowest BCUT2D eigenvalue weighted by molar-refractivity contribution is 0.794. The minimum absolute atomic E-state index is 1.07. The summed E-state index contributed by atoms with van der Waals surface area (Å²) >= 11 is 0. The minimum atomic E-state index is 1.07. The van der Waals surface area contributed by atoms with E-state index in [0.29, 0.717) is 0 Å². The lowest BCUT2D eigenvalue weighted by Gasteiger charge is -2.01. The second kappa shape index (κ2) is 5.32. The number of benzene rings is 1. The Bertz CT molecular complexity index is 230. The maximum Gasteiger partial charge on any atom is -0.0128 e. The highest BCUT2D eigenvalue weighted by Gasteiger charge is 1.93. The van der Waals surface area contributed by atoms with E-state index in [1.165, 1.54) is 30.4 Å². The molecule has 1 rings (SSSR count). The normalized spacial score (nSPS) is 10.2. The van der Waals surface area contributed by atoms with Gasteiger partial charge in [0.05, 0.1) is 0 Å². The first-order valence-corrected chi connectivity index (χ1v) is 5.46. The van der Waals surface area contributed by atoms with Gasteiger partial charge in [0.1, 0.15) is 0 Å². The zero-order valence-electron chi connectivity index (χ0n) is 7.72. The van der Waals surface area contributed by atoms with Gasteiger partial charge in [0.15, 0.2) is 0 Å². The molecule has 0 fully saturated rings. The summed E-state index contributed by atoms with van der Waals surface area (Å²) < 4.78 is 0. The monoisotopic (exact) mass is 180 g/mol. The molecule has 0 aliphatic rings. The molecule has 1 aromatic carbocycles. The van der Waals surface area contributed by atoms with Gasteiger partial charge >= 0.3 is 0 Å². The van der Waals surface area contributed by atoms with E-state index in [1.54, 1.807) is 0 Å². The van der Waals surface area contributed by atoms with Crippen molar-refractivity contribution in [3.05, 3.63) is 35.4 Å². The Morgan fingerprint density at radius 3 is 2.67 bits per heavy atom. The van der Waals surface area contributed by atoms with Crippen LogP contribution in [-0.4, -0.2) is 0 Å². The number of hydrogen-bond acceptors (Lipinski definition) is 0. The molecule has 0 aliphatic heterocycles. The molecule has 66 valence electrons. The molecular weight excluding hydrogens is 163 g/mol. The summed E-state index contributed by atoms with van der Waals surface area (Å²) in [4.78, 5) is 0. The fourth-order valence-electron chi connectivity index (χ4n) is 1.29. The van der Waals surface area contributed by atoms with Crippen LogP contribution in [0.15, 0.2) is 24.3 Å². The van der Waals surface area contributed by atoms with Crippen molar-refractivity contribution in [3.8, 4) is 0 Å². The molecule has 0 amide bonds. The zero-order valence-corrected chi connectivity index (χ0v) is 8.87. The smallest absolute Gasteiger partial charge is 0.0128 e. The highest BCUT2D eigenvalue weighted by molar-refractivity contribution is 7.15. The van der Waals surface area contributed by atoms with Gasteiger partial charge in [0, 0.05) is 0 Å². The minimum Gasteiger partial charge on any atom is -0.133 e. The molecule has 1 atom stereocenters. The summed E-state index contributed by atoms with van der Waals surface area (Å²) in [5.74, 6) is 0. The first kappa shape index (κ1) is 9.74. The van der Waals surface area contributed by atoms with E-state index >= 15 is 0 Å². The van der Waals surface area contributed by atoms with Crippen molar-refractivity contribution < 1.29 is 0 Å². The third-order valence-corrected chi connectivity index (χ3v) is 2.52. The Hall–Kier alpha value is -0.350. The first-order chi connectivity index (χ1) is 5.86. The molecule has 0 aromatic heterocycles. The van der Waals surface area contributed by atoms with E-state index in [-0.39, 0.29) is 0 Å². The van der Waals surface area contributed by atoms with Crippen molar-refractivity contribution in [2.45, 2.75) is 32.3 Å². The van der Waals surface area contributed by atoms with Crippen molar-refractivity contribution in [1.29, 1.82) is 0 Å². The quantitative estimate of drug-likeness (QED) is 0.623. The summed E-state index contributed by atoms with van der Waals surface area (Å²) in [6.45, 7) is 2.24. The van der Waals surface area contributed by atoms with Crippen molar-refractivity contribution in [2.75, 3.05) is 0 Å². The third kappa shape index (κ3) is 2.95. The van der Waals surface area contributed by atoms with Crippen LogP contribution in [-0.2, 0) is 12.6 Å². The highest BCUT2D eigenvalue weighted by atomic mass is 31.0. The molecular formula is C11H17P. The topological polar surface area (TPSA) is 0 Å². The highest BCUT2D eigenvalue weighted by Crippen LogP contribution is 2.11. The molecule has 0 bridgehead atoms. The number of rotatable bonds is 4. The van der Waals surface area contributed by atoms with Crippen LogP contribution in [0.1, 0.15) is 30.9 Å². The fourth-order valence-corrected chi connectivity index (χ4v) is 1.55. The van der Waals surface area contributed by atoms with Crippen LogP contribution in [0.25, 0.3) is 0 Å². The van der Waals surface area contributed by atoms with E-state index in [1.807, 2.05) is 0 Å². The zero-order chi connectivity index (χ0) is 8.81. The molecule has 0 aliphatic carbocycles. The standard InChI is InChI=1S/C11H17P/c1-2-3-5-10-6-4-7-11(8-10)9-12/h4,6-8H,2-3,5,9,12H2,1H3. The molecule has 1 unspecified atom stereocenters. The van der Waals surface area contributed by atoms with Gasteiger partial charge in [-0.3, -0.25) is 0 Å². The van der Waals surface area contributed by atoms with Gasteiger partial charge in [-0.1, -0.05) is 37.6 Å². The molecule has 0 heterocycles. The van der Waals surface area contributed by atoms with Gasteiger partial charge in [-0.05, 0) is 30.1 Å². The van der Waals surface area contributed by atoms with E-state index in [0.717, 1.165) is 6.16 Å². The lowest BCUT2D eigenvalue weighted by atomic mass is 10.1. The molecule has 1 aromatic rings. The van der Waals surface area contributed by atoms with Crippen molar-refractivity contribution >= 4 is 9.24 Å². The molecule has 0 spiro atoms. The second-order valence-corrected chi connectivity index (χ2v) is 3.54. The van der Waals surface area contributed by atoms with E-state index in [9.17, 15) is 0 Å². The Morgan fingerprint density at radius 1 is 1.25 bits per heavy atom. The van der Waals surface area contributed by atoms with Crippen molar-refractivity contribution in [1.82, 2.24) is 0 Å². The van der Waals surface area contributed by atoms with Crippen LogP contribution in [0.3, 0.4) is 0 Å². The number of aryl methyl sites for hydroxylation is 1. The molecule has 0 nitrogen and oxygen atoms in total. The average molecular weight is 180 g/mol. The van der Waals surface area contributed by atoms with Crippen LogP contribution in [0.5, 0.6) is 0 Å². The Balaban J connectivity index is 2.60. The maximum atomic E-state index is 2.76. The summed E-state index contributed by atoms with van der Waals surface area (Å²) in [7, 11) is 2.76. The van der Waals surface area contributed by atoms with Gasteiger partial charge in [-0.15, -0.1) is 9.24 Å². The lowest BCUT2D eigenvalue weighted by Crippen LogP contribution is -1.86. The van der Waals surface area contributed by atoms with Gasteiger partial charge in [-0.25, -0.2) is 0 Å². The predicted molar refractivity (Wildman–Crippen MR) is 58.5 cm³/mol. The van der Waals surface area contributed by atoms with Gasteiger partial charge in [0.2, 0.25) is 0 Å². The summed E-state index contributed by atoms with van der Waals surface area (Å²) in [6, 6.07) is 8.87. The molecule has 0 saturated carbocycles. The van der Waals surface area contributed by atoms with Crippen LogP contribution in [0, 0.1) is 0 Å². The molecule has 0 N–H and O–H groups in total. The fraction of sp³-hybridized carbons (Fsp3) is 0.455. The Kier molecular flexibility index (Phi) is 4.32. The van der Waals surface area contributed by atoms with Crippen LogP contribution >= 0.6 is 9.24 Å². The van der Waals surface area contributed by atoms with E-state index in [4.69, 9.17) is 0 Å². The predicted octanol–water partition coefficient (Wildman–Crippen LogP) is 3.40. The average Bonchev–Trinajstić information content (AvgIpc) is 2.15. The first-order valence-electron chi connectivity index (χ1n) is 4.64. The molecule has 0 saturated heterocycles. The van der Waals surface area contributed by atoms with Crippen molar-refractivity contribution in [2.24, 2.45) is 0 Å². The van der Waals surface area contributed by atoms with E-state index in [2.05, 4.69) is 40.4 Å². The molecule has 1 heteroatoms. The largest absolute Gasteiger partial charge is 0.133 e. The van der Waals surface area contributed by atoms with Crippen LogP contribution in [0.2, 0.25) is 0 Å². The maximum absolute atomic E-state index is 2.76. The molecule has 12 heavy (non-hydrogen) atoms. The van der Waals surface area contributed by atoms with Crippen LogP contribution < -0.4 is 0 Å². The Morgan fingerprint density at radius 2 is 2.00 bits per heavy atom. The number of hydrogen-bond donors (Lipinski definition) is 0. The summed E-state index contributed by atoms with van der Waals surface area (Å²) in [5, 5.41) is 0. The number of unbranched alkanes of at least 4 members (excludes halogenated alkanes) is 1. The second-order valence-electron chi connectivity index (χ2n) is 3.13. The van der Waals surface area contributed by atoms with Crippen LogP contribution in [0.4, 0.5) is 0 Å². The van der Waals surface area contributed by atoms with Crippen molar-refractivity contribution in [3.63, 3.8) is 0 Å². The van der Waals surface area contributed by atoms with Gasteiger partial charge in [-0.2, -0.15) is 0 Å². The van der Waals surface area contributed by atoms with E-state index < -0.39 is 0 Å².